The summed E-state index contributed by atoms with van der Waals surface area (Å²) in [6, 6.07) is 8.34. The number of aromatic nitrogens is 2. The number of ether oxygens (including phenoxy) is 1. The lowest BCUT2D eigenvalue weighted by Gasteiger charge is -2.40. The van der Waals surface area contributed by atoms with Crippen molar-refractivity contribution in [2.75, 3.05) is 68.5 Å². The lowest BCUT2D eigenvalue weighted by Crippen LogP contribution is -2.51. The second kappa shape index (κ2) is 13.7. The van der Waals surface area contributed by atoms with Crippen LogP contribution in [0.2, 0.25) is 0 Å². The van der Waals surface area contributed by atoms with Gasteiger partial charge < -0.3 is 25.2 Å². The zero-order valence-electron chi connectivity index (χ0n) is 23.5. The van der Waals surface area contributed by atoms with Crippen molar-refractivity contribution in [2.24, 2.45) is 0 Å². The Bertz CT molecular complexity index is 1240. The number of nitrogens with zero attached hydrogens (tertiary/aromatic N) is 6. The molecule has 2 aliphatic rings. The molecule has 0 saturated carbocycles. The van der Waals surface area contributed by atoms with Crippen molar-refractivity contribution in [3.8, 4) is 6.07 Å². The van der Waals surface area contributed by atoms with E-state index < -0.39 is 11.7 Å². The number of hydrogen-bond donors (Lipinski definition) is 2. The first-order valence-electron chi connectivity index (χ1n) is 14.0. The largest absolute Gasteiger partial charge is 0.449 e. The highest BCUT2D eigenvalue weighted by atomic mass is 19.4. The van der Waals surface area contributed by atoms with Crippen LogP contribution in [0.5, 0.6) is 0 Å². The van der Waals surface area contributed by atoms with Crippen LogP contribution >= 0.6 is 0 Å². The van der Waals surface area contributed by atoms with Crippen molar-refractivity contribution in [2.45, 2.75) is 51.2 Å². The van der Waals surface area contributed by atoms with E-state index in [0.29, 0.717) is 44.6 Å². The Hall–Kier alpha value is -3.79. The van der Waals surface area contributed by atoms with E-state index in [1.54, 1.807) is 4.90 Å². The monoisotopic (exact) mass is 574 g/mol. The second-order valence-electron chi connectivity index (χ2n) is 10.3. The van der Waals surface area contributed by atoms with Crippen molar-refractivity contribution < 1.29 is 22.7 Å². The number of rotatable bonds is 10. The number of aryl methyl sites for hydroxylation is 1. The summed E-state index contributed by atoms with van der Waals surface area (Å²) in [5, 5.41) is 15.1. The lowest BCUT2D eigenvalue weighted by molar-refractivity contribution is -0.137. The fourth-order valence-corrected chi connectivity index (χ4v) is 5.03. The number of carbonyl (C=O) groups is 1. The zero-order valence-corrected chi connectivity index (χ0v) is 23.5. The van der Waals surface area contributed by atoms with Gasteiger partial charge in [-0.25, -0.2) is 9.78 Å². The second-order valence-corrected chi connectivity index (χ2v) is 10.3. The van der Waals surface area contributed by atoms with E-state index in [1.165, 1.54) is 0 Å². The highest BCUT2D eigenvalue weighted by Gasteiger charge is 2.35. The highest BCUT2D eigenvalue weighted by molar-refractivity contribution is 5.68. The van der Waals surface area contributed by atoms with Crippen molar-refractivity contribution in [1.29, 1.82) is 5.26 Å². The van der Waals surface area contributed by atoms with Crippen molar-refractivity contribution in [1.82, 2.24) is 19.8 Å². The quantitative estimate of drug-likeness (QED) is 0.384. The molecule has 1 aromatic heterocycles. The van der Waals surface area contributed by atoms with Crippen LogP contribution in [0.15, 0.2) is 24.4 Å². The number of alkyl halides is 3. The summed E-state index contributed by atoms with van der Waals surface area (Å²) in [5.41, 5.74) is 1.77. The third kappa shape index (κ3) is 7.91. The van der Waals surface area contributed by atoms with Crippen LogP contribution in [0.3, 0.4) is 0 Å². The maximum absolute atomic E-state index is 13.7. The molecule has 2 aromatic rings. The Kier molecular flexibility index (Phi) is 10.1. The van der Waals surface area contributed by atoms with E-state index >= 15 is 0 Å². The van der Waals surface area contributed by atoms with E-state index in [2.05, 4.69) is 42.5 Å². The minimum Gasteiger partial charge on any atom is -0.449 e. The molecule has 0 radical (unpaired) electrons. The molecule has 0 bridgehead atoms. The summed E-state index contributed by atoms with van der Waals surface area (Å²) < 4.78 is 46.2. The molecule has 2 N–H and O–H groups in total. The molecule has 222 valence electrons. The van der Waals surface area contributed by atoms with Gasteiger partial charge in [0.15, 0.2) is 0 Å². The standard InChI is InChI=1S/C28H37F3N8O2/c1-3-20-17-21(39-15-14-37(2)22(19-39)9-10-32)7-8-24(20)35-26-34-18-23(28(29,30)31)25(36-26)33-11-6-13-38-12-4-5-16-41-27(38)40/h7-8,17-18,22H,3-6,9,11-16,19H2,1-2H3,(H2,33,34,35,36). The van der Waals surface area contributed by atoms with Gasteiger partial charge in [-0.1, -0.05) is 6.92 Å². The lowest BCUT2D eigenvalue weighted by atomic mass is 10.1. The number of cyclic esters (lactones) is 1. The summed E-state index contributed by atoms with van der Waals surface area (Å²) in [4.78, 5) is 26.1. The minimum atomic E-state index is -4.63. The fourth-order valence-electron chi connectivity index (χ4n) is 5.03. The number of carbonyl (C=O) groups excluding carboxylic acids is 1. The molecule has 1 amide bonds. The molecular formula is C28H37F3N8O2. The van der Waals surface area contributed by atoms with Gasteiger partial charge in [-0.3, -0.25) is 4.90 Å². The van der Waals surface area contributed by atoms with Crippen LogP contribution in [0.25, 0.3) is 0 Å². The Labute approximate surface area is 238 Å². The average molecular weight is 575 g/mol. The Balaban J connectivity index is 1.45. The molecular weight excluding hydrogens is 537 g/mol. The summed E-state index contributed by atoms with van der Waals surface area (Å²) in [7, 11) is 2.03. The van der Waals surface area contributed by atoms with Gasteiger partial charge in [-0.2, -0.15) is 23.4 Å². The van der Waals surface area contributed by atoms with Gasteiger partial charge in [0.05, 0.1) is 19.1 Å². The third-order valence-electron chi connectivity index (χ3n) is 7.48. The van der Waals surface area contributed by atoms with Gasteiger partial charge in [0.2, 0.25) is 5.95 Å². The smallest absolute Gasteiger partial charge is 0.421 e. The minimum absolute atomic E-state index is 0.0488. The first kappa shape index (κ1) is 30.2. The maximum Gasteiger partial charge on any atom is 0.421 e. The van der Waals surface area contributed by atoms with Gasteiger partial charge in [0, 0.05) is 62.9 Å². The molecule has 41 heavy (non-hydrogen) atoms. The van der Waals surface area contributed by atoms with Crippen LogP contribution in [0.1, 0.15) is 43.7 Å². The molecule has 0 spiro atoms. The number of benzene rings is 1. The summed E-state index contributed by atoms with van der Waals surface area (Å²) in [6.45, 7) is 5.97. The van der Waals surface area contributed by atoms with Gasteiger partial charge in [0.1, 0.15) is 11.4 Å². The molecule has 1 atom stereocenters. The normalized spacial score (nSPS) is 18.4. The molecule has 2 saturated heterocycles. The molecule has 4 rings (SSSR count). The van der Waals surface area contributed by atoms with E-state index in [9.17, 15) is 18.0 Å². The molecule has 0 aliphatic carbocycles. The molecule has 1 aromatic carbocycles. The molecule has 3 heterocycles. The van der Waals surface area contributed by atoms with Gasteiger partial charge in [-0.05, 0) is 56.5 Å². The summed E-state index contributed by atoms with van der Waals surface area (Å²) in [5.74, 6) is -0.267. The van der Waals surface area contributed by atoms with Crippen LogP contribution in [0, 0.1) is 11.3 Å². The highest BCUT2D eigenvalue weighted by Crippen LogP contribution is 2.34. The Morgan fingerprint density at radius 2 is 2.05 bits per heavy atom. The van der Waals surface area contributed by atoms with E-state index in [4.69, 9.17) is 10.00 Å². The predicted octanol–water partition coefficient (Wildman–Crippen LogP) is 4.87. The van der Waals surface area contributed by atoms with Crippen molar-refractivity contribution in [3.05, 3.63) is 35.5 Å². The number of anilines is 4. The number of hydrogen-bond acceptors (Lipinski definition) is 9. The number of likely N-dealkylation sites (N-methyl/N-ethyl adjacent to an activating group) is 1. The number of halogens is 3. The Morgan fingerprint density at radius 1 is 1.22 bits per heavy atom. The van der Waals surface area contributed by atoms with Crippen LogP contribution < -0.4 is 15.5 Å². The number of nitriles is 1. The summed E-state index contributed by atoms with van der Waals surface area (Å²) >= 11 is 0. The topological polar surface area (TPSA) is 110 Å². The zero-order chi connectivity index (χ0) is 29.4. The molecule has 2 aliphatic heterocycles. The van der Waals surface area contributed by atoms with Crippen molar-refractivity contribution in [3.63, 3.8) is 0 Å². The van der Waals surface area contributed by atoms with E-state index in [-0.39, 0.29) is 30.4 Å². The first-order valence-corrected chi connectivity index (χ1v) is 14.0. The molecule has 13 heteroatoms. The summed E-state index contributed by atoms with van der Waals surface area (Å²) in [6.07, 6.45) is -1.03. The fraction of sp³-hybridized carbons (Fsp3) is 0.571. The molecule has 2 fully saturated rings. The van der Waals surface area contributed by atoms with Crippen LogP contribution in [-0.2, 0) is 17.3 Å². The van der Waals surface area contributed by atoms with Crippen molar-refractivity contribution >= 4 is 29.2 Å². The predicted molar refractivity (Wildman–Crippen MR) is 150 cm³/mol. The number of nitrogens with one attached hydrogen (secondary N) is 2. The van der Waals surface area contributed by atoms with E-state index in [0.717, 1.165) is 49.9 Å². The van der Waals surface area contributed by atoms with Gasteiger partial charge in [0.25, 0.3) is 0 Å². The number of amides is 1. The Morgan fingerprint density at radius 3 is 2.80 bits per heavy atom. The van der Waals surface area contributed by atoms with Crippen LogP contribution in [-0.4, -0.2) is 84.8 Å². The first-order chi connectivity index (χ1) is 19.7. The maximum atomic E-state index is 13.7. The van der Waals surface area contributed by atoms with Crippen LogP contribution in [0.4, 0.5) is 41.1 Å². The van der Waals surface area contributed by atoms with Gasteiger partial charge >= 0.3 is 12.3 Å². The molecule has 10 nitrogen and oxygen atoms in total. The number of piperazine rings is 1. The SMILES string of the molecule is CCc1cc(N2CCN(C)C(CC#N)C2)ccc1Nc1ncc(C(F)(F)F)c(NCCCN2CCCCOC2=O)n1. The van der Waals surface area contributed by atoms with E-state index in [1.807, 2.05) is 26.1 Å². The average Bonchev–Trinajstić information content (AvgIpc) is 3.15. The third-order valence-corrected chi connectivity index (χ3v) is 7.48. The molecule has 1 unspecified atom stereocenters. The van der Waals surface area contributed by atoms with Gasteiger partial charge in [-0.15, -0.1) is 0 Å².